The third-order valence-electron chi connectivity index (χ3n) is 3.30. The first-order valence-corrected chi connectivity index (χ1v) is 5.88. The van der Waals surface area contributed by atoms with Crippen LogP contribution in [0.3, 0.4) is 0 Å². The summed E-state index contributed by atoms with van der Waals surface area (Å²) in [5.41, 5.74) is -0.510. The van der Waals surface area contributed by atoms with Gasteiger partial charge in [-0.2, -0.15) is 0 Å². The summed E-state index contributed by atoms with van der Waals surface area (Å²) >= 11 is 0. The zero-order valence-electron chi connectivity index (χ0n) is 9.86. The molecule has 1 aliphatic heterocycles. The summed E-state index contributed by atoms with van der Waals surface area (Å²) in [5.74, 6) is 0.0932. The maximum absolute atomic E-state index is 12.2. The number of aromatic hydroxyl groups is 1. The second kappa shape index (κ2) is 4.71. The molecule has 2 rings (SSSR count). The van der Waals surface area contributed by atoms with Gasteiger partial charge in [0.25, 0.3) is 0 Å². The van der Waals surface area contributed by atoms with Crippen molar-refractivity contribution < 1.29 is 9.90 Å². The van der Waals surface area contributed by atoms with Gasteiger partial charge in [-0.15, -0.1) is 0 Å². The average molecular weight is 235 g/mol. The second-order valence-electron chi connectivity index (χ2n) is 4.29. The molecule has 1 unspecified atom stereocenters. The van der Waals surface area contributed by atoms with E-state index in [0.29, 0.717) is 0 Å². The van der Waals surface area contributed by atoms with Gasteiger partial charge < -0.3 is 15.7 Å². The molecule has 0 saturated carbocycles. The van der Waals surface area contributed by atoms with Gasteiger partial charge in [0.05, 0.1) is 5.54 Å². The van der Waals surface area contributed by atoms with Crippen molar-refractivity contribution in [1.29, 1.82) is 0 Å². The number of amides is 1. The fourth-order valence-electron chi connectivity index (χ4n) is 2.18. The predicted octanol–water partition coefficient (Wildman–Crippen LogP) is 1.26. The van der Waals surface area contributed by atoms with Crippen LogP contribution in [-0.4, -0.2) is 28.1 Å². The van der Waals surface area contributed by atoms with E-state index in [2.05, 4.69) is 15.6 Å². The van der Waals surface area contributed by atoms with Crippen LogP contribution < -0.4 is 10.6 Å². The smallest absolute Gasteiger partial charge is 0.245 e. The lowest BCUT2D eigenvalue weighted by atomic mass is 9.93. The van der Waals surface area contributed by atoms with Crippen molar-refractivity contribution in [3.8, 4) is 5.75 Å². The van der Waals surface area contributed by atoms with Gasteiger partial charge in [-0.3, -0.25) is 4.79 Å². The molecule has 5 nitrogen and oxygen atoms in total. The van der Waals surface area contributed by atoms with Gasteiger partial charge in [0, 0.05) is 6.20 Å². The highest BCUT2D eigenvalue weighted by atomic mass is 16.3. The summed E-state index contributed by atoms with van der Waals surface area (Å²) in [4.78, 5) is 16.1. The van der Waals surface area contributed by atoms with E-state index in [9.17, 15) is 9.90 Å². The van der Waals surface area contributed by atoms with Crippen LogP contribution in [0.1, 0.15) is 26.2 Å². The van der Waals surface area contributed by atoms with E-state index in [0.717, 1.165) is 25.8 Å². The van der Waals surface area contributed by atoms with Gasteiger partial charge in [-0.05, 0) is 37.9 Å². The highest BCUT2D eigenvalue weighted by Crippen LogP contribution is 2.26. The quantitative estimate of drug-likeness (QED) is 0.737. The topological polar surface area (TPSA) is 74.2 Å². The maximum Gasteiger partial charge on any atom is 0.245 e. The molecular formula is C12H17N3O2. The lowest BCUT2D eigenvalue weighted by molar-refractivity contribution is -0.122. The Labute approximate surface area is 100 Å². The van der Waals surface area contributed by atoms with E-state index in [1.165, 1.54) is 12.3 Å². The normalized spacial score (nSPS) is 23.6. The van der Waals surface area contributed by atoms with Gasteiger partial charge in [-0.25, -0.2) is 4.98 Å². The Hall–Kier alpha value is -1.62. The first kappa shape index (κ1) is 11.9. The number of nitrogens with zero attached hydrogens (tertiary/aromatic N) is 1. The van der Waals surface area contributed by atoms with E-state index in [4.69, 9.17) is 0 Å². The number of carbonyl (C=O) groups excluding carboxylic acids is 1. The molecule has 0 bridgehead atoms. The summed E-state index contributed by atoms with van der Waals surface area (Å²) in [6.45, 7) is 2.84. The van der Waals surface area contributed by atoms with Crippen LogP contribution in [0.25, 0.3) is 0 Å². The molecule has 1 aromatic heterocycles. The van der Waals surface area contributed by atoms with Crippen molar-refractivity contribution in [2.24, 2.45) is 0 Å². The molecule has 5 heteroatoms. The zero-order chi connectivity index (χ0) is 12.3. The van der Waals surface area contributed by atoms with Crippen molar-refractivity contribution >= 4 is 11.7 Å². The van der Waals surface area contributed by atoms with Crippen molar-refractivity contribution in [2.45, 2.75) is 31.7 Å². The molecule has 3 N–H and O–H groups in total. The summed E-state index contributed by atoms with van der Waals surface area (Å²) in [6.07, 6.45) is 4.08. The minimum atomic E-state index is -0.510. The molecule has 2 heterocycles. The number of hydrogen-bond donors (Lipinski definition) is 3. The minimum Gasteiger partial charge on any atom is -0.504 e. The van der Waals surface area contributed by atoms with E-state index in [1.807, 2.05) is 6.92 Å². The molecule has 92 valence electrons. The first-order chi connectivity index (χ1) is 8.18. The number of aromatic nitrogens is 1. The van der Waals surface area contributed by atoms with Crippen LogP contribution in [0.15, 0.2) is 18.3 Å². The van der Waals surface area contributed by atoms with Crippen LogP contribution in [0.4, 0.5) is 5.82 Å². The molecule has 17 heavy (non-hydrogen) atoms. The van der Waals surface area contributed by atoms with Crippen LogP contribution in [0, 0.1) is 0 Å². The molecule has 0 aromatic carbocycles. The fraction of sp³-hybridized carbons (Fsp3) is 0.500. The lowest BCUT2D eigenvalue weighted by Crippen LogP contribution is -2.50. The van der Waals surface area contributed by atoms with Crippen LogP contribution in [0.5, 0.6) is 5.75 Å². The summed E-state index contributed by atoms with van der Waals surface area (Å²) < 4.78 is 0. The zero-order valence-corrected chi connectivity index (χ0v) is 9.86. The van der Waals surface area contributed by atoms with Crippen molar-refractivity contribution in [2.75, 3.05) is 11.9 Å². The molecule has 1 aromatic rings. The Balaban J connectivity index is 2.14. The van der Waals surface area contributed by atoms with Gasteiger partial charge in [0.15, 0.2) is 11.6 Å². The molecule has 0 spiro atoms. The highest BCUT2D eigenvalue weighted by molar-refractivity contribution is 5.98. The summed E-state index contributed by atoms with van der Waals surface area (Å²) in [5, 5.41) is 15.5. The van der Waals surface area contributed by atoms with Gasteiger partial charge in [-0.1, -0.05) is 6.92 Å². The molecule has 1 aliphatic rings. The van der Waals surface area contributed by atoms with E-state index >= 15 is 0 Å². The maximum atomic E-state index is 12.2. The van der Waals surface area contributed by atoms with Crippen LogP contribution >= 0.6 is 0 Å². The molecule has 1 fully saturated rings. The number of rotatable bonds is 3. The minimum absolute atomic E-state index is 0.00917. The number of carbonyl (C=O) groups is 1. The predicted molar refractivity (Wildman–Crippen MR) is 64.8 cm³/mol. The van der Waals surface area contributed by atoms with Crippen LogP contribution in [-0.2, 0) is 4.79 Å². The molecule has 1 amide bonds. The number of nitrogens with one attached hydrogen (secondary N) is 2. The van der Waals surface area contributed by atoms with E-state index in [-0.39, 0.29) is 17.5 Å². The Morgan fingerprint density at radius 1 is 1.71 bits per heavy atom. The largest absolute Gasteiger partial charge is 0.504 e. The van der Waals surface area contributed by atoms with E-state index < -0.39 is 5.54 Å². The van der Waals surface area contributed by atoms with Crippen molar-refractivity contribution in [1.82, 2.24) is 10.3 Å². The van der Waals surface area contributed by atoms with E-state index in [1.54, 1.807) is 6.07 Å². The number of anilines is 1. The monoisotopic (exact) mass is 235 g/mol. The SMILES string of the molecule is CCC1(C(=O)Nc2ncccc2O)CCCN1. The lowest BCUT2D eigenvalue weighted by Gasteiger charge is -2.26. The Morgan fingerprint density at radius 2 is 2.53 bits per heavy atom. The summed E-state index contributed by atoms with van der Waals surface area (Å²) in [7, 11) is 0. The fourth-order valence-corrected chi connectivity index (χ4v) is 2.18. The van der Waals surface area contributed by atoms with Crippen molar-refractivity contribution in [3.63, 3.8) is 0 Å². The van der Waals surface area contributed by atoms with Crippen molar-refractivity contribution in [3.05, 3.63) is 18.3 Å². The third kappa shape index (κ3) is 2.24. The average Bonchev–Trinajstić information content (AvgIpc) is 2.82. The molecule has 0 aliphatic carbocycles. The summed E-state index contributed by atoms with van der Waals surface area (Å²) in [6, 6.07) is 3.12. The van der Waals surface area contributed by atoms with Crippen LogP contribution in [0.2, 0.25) is 0 Å². The Morgan fingerprint density at radius 3 is 3.12 bits per heavy atom. The third-order valence-corrected chi connectivity index (χ3v) is 3.30. The first-order valence-electron chi connectivity index (χ1n) is 5.88. The van der Waals surface area contributed by atoms with Gasteiger partial charge >= 0.3 is 0 Å². The number of pyridine rings is 1. The van der Waals surface area contributed by atoms with Gasteiger partial charge in [0.2, 0.25) is 5.91 Å². The molecule has 0 radical (unpaired) electrons. The second-order valence-corrected chi connectivity index (χ2v) is 4.29. The Kier molecular flexibility index (Phi) is 3.28. The standard InChI is InChI=1S/C12H17N3O2/c1-2-12(6-4-8-14-12)11(17)15-10-9(16)5-3-7-13-10/h3,5,7,14,16H,2,4,6,8H2,1H3,(H,13,15,17). The molecular weight excluding hydrogens is 218 g/mol. The Bertz CT molecular complexity index is 414. The van der Waals surface area contributed by atoms with Gasteiger partial charge in [0.1, 0.15) is 0 Å². The molecule has 1 atom stereocenters. The number of hydrogen-bond acceptors (Lipinski definition) is 4. The highest BCUT2D eigenvalue weighted by Gasteiger charge is 2.39. The molecule has 1 saturated heterocycles.